The predicted molar refractivity (Wildman–Crippen MR) is 87.9 cm³/mol. The Labute approximate surface area is 132 Å². The summed E-state index contributed by atoms with van der Waals surface area (Å²) in [5.41, 5.74) is 1.18. The van der Waals surface area contributed by atoms with Gasteiger partial charge in [-0.15, -0.1) is 0 Å². The number of rotatable bonds is 5. The van der Waals surface area contributed by atoms with E-state index in [9.17, 15) is 4.79 Å². The van der Waals surface area contributed by atoms with Gasteiger partial charge in [0, 0.05) is 19.0 Å². The predicted octanol–water partition coefficient (Wildman–Crippen LogP) is 3.45. The second kappa shape index (κ2) is 5.90. The van der Waals surface area contributed by atoms with Crippen molar-refractivity contribution in [2.45, 2.75) is 44.9 Å². The van der Waals surface area contributed by atoms with E-state index in [0.717, 1.165) is 13.1 Å². The van der Waals surface area contributed by atoms with Crippen LogP contribution in [0, 0.1) is 17.8 Å². The van der Waals surface area contributed by atoms with Gasteiger partial charge in [-0.05, 0) is 68.9 Å². The lowest BCUT2D eigenvalue weighted by atomic mass is 9.97. The van der Waals surface area contributed by atoms with Crippen molar-refractivity contribution in [1.82, 2.24) is 4.98 Å². The van der Waals surface area contributed by atoms with E-state index in [1.807, 2.05) is 12.3 Å². The van der Waals surface area contributed by atoms with Crippen molar-refractivity contribution in [3.63, 3.8) is 0 Å². The van der Waals surface area contributed by atoms with E-state index in [2.05, 4.69) is 21.3 Å². The van der Waals surface area contributed by atoms with Gasteiger partial charge in [-0.3, -0.25) is 4.79 Å². The molecular formula is C18H25N3O. The van der Waals surface area contributed by atoms with E-state index in [4.69, 9.17) is 0 Å². The first-order valence-electron chi connectivity index (χ1n) is 8.83. The summed E-state index contributed by atoms with van der Waals surface area (Å²) < 4.78 is 0. The molecule has 2 heterocycles. The molecule has 1 aromatic heterocycles. The Morgan fingerprint density at radius 1 is 1.09 bits per heavy atom. The highest BCUT2D eigenvalue weighted by atomic mass is 16.2. The van der Waals surface area contributed by atoms with Crippen molar-refractivity contribution in [3.05, 3.63) is 18.3 Å². The van der Waals surface area contributed by atoms with Gasteiger partial charge in [0.2, 0.25) is 5.91 Å². The number of anilines is 2. The van der Waals surface area contributed by atoms with E-state index in [0.29, 0.717) is 17.7 Å². The van der Waals surface area contributed by atoms with Crippen LogP contribution in [0.15, 0.2) is 18.3 Å². The molecule has 3 fully saturated rings. The van der Waals surface area contributed by atoms with Gasteiger partial charge in [-0.2, -0.15) is 0 Å². The number of piperidine rings is 1. The van der Waals surface area contributed by atoms with Gasteiger partial charge in [0.1, 0.15) is 5.82 Å². The fourth-order valence-corrected chi connectivity index (χ4v) is 3.73. The molecule has 118 valence electrons. The number of amides is 1. The lowest BCUT2D eigenvalue weighted by Gasteiger charge is -2.28. The Morgan fingerprint density at radius 2 is 1.77 bits per heavy atom. The zero-order valence-electron chi connectivity index (χ0n) is 13.1. The molecule has 0 radical (unpaired) electrons. The molecular weight excluding hydrogens is 274 g/mol. The van der Waals surface area contributed by atoms with Gasteiger partial charge < -0.3 is 10.2 Å². The summed E-state index contributed by atoms with van der Waals surface area (Å²) in [6.07, 6.45) is 10.7. The Kier molecular flexibility index (Phi) is 3.77. The van der Waals surface area contributed by atoms with Gasteiger partial charge in [-0.1, -0.05) is 0 Å². The summed E-state index contributed by atoms with van der Waals surface area (Å²) in [7, 11) is 0. The Hall–Kier alpha value is -1.58. The molecule has 1 aliphatic heterocycles. The summed E-state index contributed by atoms with van der Waals surface area (Å²) >= 11 is 0. The highest BCUT2D eigenvalue weighted by Gasteiger charge is 2.45. The number of hydrogen-bond donors (Lipinski definition) is 1. The van der Waals surface area contributed by atoms with Crippen molar-refractivity contribution < 1.29 is 4.79 Å². The second-order valence-electron chi connectivity index (χ2n) is 7.14. The standard InChI is InChI=1S/C18H25N3O/c22-18(17(13-4-5-13)14-6-7-14)20-16-9-8-15(12-19-16)21-10-2-1-3-11-21/h8-9,12-14,17H,1-7,10-11H2,(H,19,20,22). The van der Waals surface area contributed by atoms with E-state index in [1.165, 1.54) is 50.6 Å². The van der Waals surface area contributed by atoms with Gasteiger partial charge in [0.25, 0.3) is 0 Å². The quantitative estimate of drug-likeness (QED) is 0.906. The third-order valence-electron chi connectivity index (χ3n) is 5.28. The molecule has 1 aromatic rings. The number of nitrogens with one attached hydrogen (secondary N) is 1. The summed E-state index contributed by atoms with van der Waals surface area (Å²) in [6.45, 7) is 2.25. The zero-order chi connectivity index (χ0) is 14.9. The molecule has 0 bridgehead atoms. The molecule has 2 aliphatic carbocycles. The van der Waals surface area contributed by atoms with E-state index >= 15 is 0 Å². The Morgan fingerprint density at radius 3 is 2.32 bits per heavy atom. The number of aromatic nitrogens is 1. The minimum atomic E-state index is 0.197. The van der Waals surface area contributed by atoms with Crippen molar-refractivity contribution >= 4 is 17.4 Å². The number of carbonyl (C=O) groups excluding carboxylic acids is 1. The highest BCUT2D eigenvalue weighted by molar-refractivity contribution is 5.92. The van der Waals surface area contributed by atoms with Crippen molar-refractivity contribution in [2.24, 2.45) is 17.8 Å². The van der Waals surface area contributed by atoms with Crippen LogP contribution in [0.4, 0.5) is 11.5 Å². The minimum Gasteiger partial charge on any atom is -0.370 e. The first-order chi connectivity index (χ1) is 10.8. The van der Waals surface area contributed by atoms with E-state index < -0.39 is 0 Å². The molecule has 4 rings (SSSR count). The van der Waals surface area contributed by atoms with E-state index in [1.54, 1.807) is 0 Å². The molecule has 0 unspecified atom stereocenters. The summed E-state index contributed by atoms with van der Waals surface area (Å²) in [5, 5.41) is 3.05. The maximum absolute atomic E-state index is 12.5. The van der Waals surface area contributed by atoms with Crippen LogP contribution in [0.5, 0.6) is 0 Å². The lowest BCUT2D eigenvalue weighted by Crippen LogP contribution is -2.29. The first-order valence-corrected chi connectivity index (χ1v) is 8.83. The fraction of sp³-hybridized carbons (Fsp3) is 0.667. The van der Waals surface area contributed by atoms with Crippen LogP contribution in [-0.4, -0.2) is 24.0 Å². The SMILES string of the molecule is O=C(Nc1ccc(N2CCCCC2)cn1)C(C1CC1)C1CC1. The third kappa shape index (κ3) is 3.11. The normalized spacial score (nSPS) is 22.0. The monoisotopic (exact) mass is 299 g/mol. The fourth-order valence-electron chi connectivity index (χ4n) is 3.73. The molecule has 2 saturated carbocycles. The topological polar surface area (TPSA) is 45.2 Å². The van der Waals surface area contributed by atoms with Gasteiger partial charge in [0.15, 0.2) is 0 Å². The maximum atomic E-state index is 12.5. The number of carbonyl (C=O) groups is 1. The summed E-state index contributed by atoms with van der Waals surface area (Å²) in [6, 6.07) is 4.05. The Balaban J connectivity index is 1.39. The number of nitrogens with zero attached hydrogens (tertiary/aromatic N) is 2. The number of hydrogen-bond acceptors (Lipinski definition) is 3. The van der Waals surface area contributed by atoms with Crippen LogP contribution >= 0.6 is 0 Å². The minimum absolute atomic E-state index is 0.197. The van der Waals surface area contributed by atoms with Gasteiger partial charge >= 0.3 is 0 Å². The average molecular weight is 299 g/mol. The summed E-state index contributed by atoms with van der Waals surface area (Å²) in [4.78, 5) is 19.4. The van der Waals surface area contributed by atoms with Crippen molar-refractivity contribution in [2.75, 3.05) is 23.3 Å². The maximum Gasteiger partial charge on any atom is 0.229 e. The van der Waals surface area contributed by atoms with Crippen LogP contribution in [0.25, 0.3) is 0 Å². The Bertz CT molecular complexity index is 516. The molecule has 1 N–H and O–H groups in total. The molecule has 3 aliphatic rings. The lowest BCUT2D eigenvalue weighted by molar-refractivity contribution is -0.121. The van der Waals surface area contributed by atoms with Crippen molar-refractivity contribution in [1.29, 1.82) is 0 Å². The molecule has 4 nitrogen and oxygen atoms in total. The zero-order valence-corrected chi connectivity index (χ0v) is 13.1. The number of pyridine rings is 1. The second-order valence-corrected chi connectivity index (χ2v) is 7.14. The van der Waals surface area contributed by atoms with E-state index in [-0.39, 0.29) is 11.8 Å². The van der Waals surface area contributed by atoms with Crippen LogP contribution < -0.4 is 10.2 Å². The molecule has 0 aromatic carbocycles. The van der Waals surface area contributed by atoms with Crippen LogP contribution in [0.3, 0.4) is 0 Å². The smallest absolute Gasteiger partial charge is 0.229 e. The molecule has 0 atom stereocenters. The highest BCUT2D eigenvalue weighted by Crippen LogP contribution is 2.49. The van der Waals surface area contributed by atoms with Crippen LogP contribution in [0.1, 0.15) is 44.9 Å². The van der Waals surface area contributed by atoms with Crippen molar-refractivity contribution in [3.8, 4) is 0 Å². The van der Waals surface area contributed by atoms with Crippen LogP contribution in [0.2, 0.25) is 0 Å². The molecule has 1 saturated heterocycles. The van der Waals surface area contributed by atoms with Gasteiger partial charge in [0.05, 0.1) is 11.9 Å². The molecule has 4 heteroatoms. The first kappa shape index (κ1) is 14.0. The molecule has 0 spiro atoms. The van der Waals surface area contributed by atoms with Crippen LogP contribution in [-0.2, 0) is 4.79 Å². The molecule has 1 amide bonds. The third-order valence-corrected chi connectivity index (χ3v) is 5.28. The largest absolute Gasteiger partial charge is 0.370 e. The molecule has 22 heavy (non-hydrogen) atoms. The van der Waals surface area contributed by atoms with Gasteiger partial charge in [-0.25, -0.2) is 4.98 Å². The summed E-state index contributed by atoms with van der Waals surface area (Å²) in [5.74, 6) is 2.42. The average Bonchev–Trinajstić information content (AvgIpc) is 3.44.